The number of benzene rings is 2. The molecule has 0 aliphatic rings. The quantitative estimate of drug-likeness (QED) is 0.583. The second-order valence-electron chi connectivity index (χ2n) is 3.59. The average molecular weight is 312 g/mol. The molecule has 0 radical (unpaired) electrons. The zero-order chi connectivity index (χ0) is 12.1. The molecule has 0 aliphatic carbocycles. The Labute approximate surface area is 114 Å². The number of allylic oxidation sites excluding steroid dienone is 1. The van der Waals surface area contributed by atoms with Gasteiger partial charge in [0.2, 0.25) is 0 Å². The van der Waals surface area contributed by atoms with E-state index in [1.807, 2.05) is 30.4 Å². The van der Waals surface area contributed by atoms with Gasteiger partial charge in [0.1, 0.15) is 12.4 Å². The Morgan fingerprint density at radius 1 is 1.06 bits per heavy atom. The van der Waals surface area contributed by atoms with Crippen LogP contribution in [0.5, 0.6) is 5.75 Å². The predicted octanol–water partition coefficient (Wildman–Crippen LogP) is 4.78. The molecule has 0 amide bonds. The largest absolute Gasteiger partial charge is 0.490 e. The maximum Gasteiger partial charge on any atom is 0.120 e. The highest BCUT2D eigenvalue weighted by molar-refractivity contribution is 9.10. The molecule has 2 rings (SSSR count). The van der Waals surface area contributed by atoms with Crippen LogP contribution in [0.1, 0.15) is 0 Å². The summed E-state index contributed by atoms with van der Waals surface area (Å²) in [5.74, 6) is 1.40. The van der Waals surface area contributed by atoms with Gasteiger partial charge in [0.05, 0.1) is 0 Å². The fourth-order valence-electron chi connectivity index (χ4n) is 1.56. The minimum atomic E-state index is 0.523. The molecule has 0 unspecified atom stereocenters. The van der Waals surface area contributed by atoms with Crippen molar-refractivity contribution >= 4 is 38.3 Å². The van der Waals surface area contributed by atoms with Crippen LogP contribution in [0.3, 0.4) is 0 Å². The first-order chi connectivity index (χ1) is 8.29. The summed E-state index contributed by atoms with van der Waals surface area (Å²) >= 11 is 8.99. The molecular weight excluding hydrogens is 300 g/mol. The highest BCUT2D eigenvalue weighted by atomic mass is 79.9. The van der Waals surface area contributed by atoms with Crippen LogP contribution in [-0.2, 0) is 0 Å². The van der Waals surface area contributed by atoms with Crippen molar-refractivity contribution in [2.75, 3.05) is 12.5 Å². The van der Waals surface area contributed by atoms with Crippen molar-refractivity contribution in [3.8, 4) is 5.75 Å². The lowest BCUT2D eigenvalue weighted by Crippen LogP contribution is -1.93. The van der Waals surface area contributed by atoms with Crippen molar-refractivity contribution in [2.24, 2.45) is 0 Å². The lowest BCUT2D eigenvalue weighted by molar-refractivity contribution is 0.363. The molecule has 0 bridgehead atoms. The maximum atomic E-state index is 5.59. The van der Waals surface area contributed by atoms with Crippen molar-refractivity contribution in [1.82, 2.24) is 0 Å². The van der Waals surface area contributed by atoms with Crippen LogP contribution in [0.4, 0.5) is 0 Å². The Morgan fingerprint density at radius 2 is 1.82 bits per heavy atom. The molecule has 0 saturated carbocycles. The average Bonchev–Trinajstić information content (AvgIpc) is 2.35. The standard InChI is InChI=1S/C14H12BrClO/c15-13-5-3-12-10-14(6-4-11(12)9-13)17-8-2-1-7-16/h1-6,9-10H,7-8H2. The fraction of sp³-hybridized carbons (Fsp3) is 0.143. The van der Waals surface area contributed by atoms with Crippen LogP contribution < -0.4 is 4.74 Å². The van der Waals surface area contributed by atoms with Crippen LogP contribution in [0, 0.1) is 0 Å². The lowest BCUT2D eigenvalue weighted by Gasteiger charge is -2.05. The summed E-state index contributed by atoms with van der Waals surface area (Å²) in [6.07, 6.45) is 3.79. The van der Waals surface area contributed by atoms with Gasteiger partial charge in [0.15, 0.2) is 0 Å². The summed E-state index contributed by atoms with van der Waals surface area (Å²) < 4.78 is 6.68. The molecule has 1 nitrogen and oxygen atoms in total. The van der Waals surface area contributed by atoms with Gasteiger partial charge in [-0.15, -0.1) is 11.6 Å². The Morgan fingerprint density at radius 3 is 2.65 bits per heavy atom. The highest BCUT2D eigenvalue weighted by Gasteiger charge is 1.97. The molecule has 0 aliphatic heterocycles. The van der Waals surface area contributed by atoms with Crippen molar-refractivity contribution in [3.05, 3.63) is 53.0 Å². The number of alkyl halides is 1. The van der Waals surface area contributed by atoms with Crippen LogP contribution >= 0.6 is 27.5 Å². The molecule has 0 fully saturated rings. The van der Waals surface area contributed by atoms with Crippen molar-refractivity contribution in [2.45, 2.75) is 0 Å². The number of hydrogen-bond donors (Lipinski definition) is 0. The summed E-state index contributed by atoms with van der Waals surface area (Å²) in [7, 11) is 0. The van der Waals surface area contributed by atoms with E-state index in [1.54, 1.807) is 0 Å². The Hall–Kier alpha value is -0.990. The first-order valence-electron chi connectivity index (χ1n) is 5.32. The first kappa shape index (κ1) is 12.5. The molecule has 0 spiro atoms. The van der Waals surface area contributed by atoms with E-state index in [9.17, 15) is 0 Å². The zero-order valence-corrected chi connectivity index (χ0v) is 11.5. The Kier molecular flexibility index (Phi) is 4.46. The van der Waals surface area contributed by atoms with Gasteiger partial charge in [-0.05, 0) is 35.0 Å². The first-order valence-corrected chi connectivity index (χ1v) is 6.65. The number of hydrogen-bond acceptors (Lipinski definition) is 1. The van der Waals surface area contributed by atoms with Gasteiger partial charge >= 0.3 is 0 Å². The predicted molar refractivity (Wildman–Crippen MR) is 77.0 cm³/mol. The summed E-state index contributed by atoms with van der Waals surface area (Å²) in [5.41, 5.74) is 0. The fourth-order valence-corrected chi connectivity index (χ4v) is 2.06. The molecular formula is C14H12BrClO. The smallest absolute Gasteiger partial charge is 0.120 e. The number of ether oxygens (including phenoxy) is 1. The van der Waals surface area contributed by atoms with Gasteiger partial charge in [0, 0.05) is 10.4 Å². The van der Waals surface area contributed by atoms with Crippen molar-refractivity contribution in [1.29, 1.82) is 0 Å². The third-order valence-electron chi connectivity index (χ3n) is 2.38. The zero-order valence-electron chi connectivity index (χ0n) is 9.20. The number of rotatable bonds is 4. The summed E-state index contributed by atoms with van der Waals surface area (Å²) in [4.78, 5) is 0. The molecule has 3 heteroatoms. The van der Waals surface area contributed by atoms with Crippen LogP contribution in [0.2, 0.25) is 0 Å². The van der Waals surface area contributed by atoms with Crippen LogP contribution in [-0.4, -0.2) is 12.5 Å². The Bertz CT molecular complexity index is 537. The molecule has 0 saturated heterocycles. The van der Waals surface area contributed by atoms with Crippen molar-refractivity contribution in [3.63, 3.8) is 0 Å². The molecule has 0 aromatic heterocycles. The van der Waals surface area contributed by atoms with Gasteiger partial charge in [0.25, 0.3) is 0 Å². The third kappa shape index (κ3) is 3.48. The van der Waals surface area contributed by atoms with E-state index in [0.29, 0.717) is 12.5 Å². The van der Waals surface area contributed by atoms with E-state index in [1.165, 1.54) is 10.8 Å². The van der Waals surface area contributed by atoms with Crippen LogP contribution in [0.25, 0.3) is 10.8 Å². The van der Waals surface area contributed by atoms with Gasteiger partial charge < -0.3 is 4.74 Å². The normalized spacial score (nSPS) is 11.2. The minimum absolute atomic E-state index is 0.523. The van der Waals surface area contributed by atoms with E-state index in [2.05, 4.69) is 34.1 Å². The lowest BCUT2D eigenvalue weighted by atomic mass is 10.1. The third-order valence-corrected chi connectivity index (χ3v) is 3.05. The van der Waals surface area contributed by atoms with Crippen molar-refractivity contribution < 1.29 is 4.74 Å². The van der Waals surface area contributed by atoms with E-state index < -0.39 is 0 Å². The van der Waals surface area contributed by atoms with Gasteiger partial charge in [-0.3, -0.25) is 0 Å². The SMILES string of the molecule is ClCC=CCOc1ccc2cc(Br)ccc2c1. The van der Waals surface area contributed by atoms with E-state index in [4.69, 9.17) is 16.3 Å². The summed E-state index contributed by atoms with van der Waals surface area (Å²) in [5, 5.41) is 2.37. The van der Waals surface area contributed by atoms with E-state index in [0.717, 1.165) is 10.2 Å². The molecule has 0 N–H and O–H groups in total. The Balaban J connectivity index is 2.14. The van der Waals surface area contributed by atoms with Gasteiger partial charge in [-0.1, -0.05) is 40.2 Å². The molecule has 2 aromatic carbocycles. The number of halogens is 2. The van der Waals surface area contributed by atoms with E-state index >= 15 is 0 Å². The molecule has 2 aromatic rings. The van der Waals surface area contributed by atoms with E-state index in [-0.39, 0.29) is 0 Å². The van der Waals surface area contributed by atoms with Gasteiger partial charge in [-0.2, -0.15) is 0 Å². The molecule has 17 heavy (non-hydrogen) atoms. The topological polar surface area (TPSA) is 9.23 Å². The van der Waals surface area contributed by atoms with Gasteiger partial charge in [-0.25, -0.2) is 0 Å². The summed E-state index contributed by atoms with van der Waals surface area (Å²) in [6.45, 7) is 0.550. The second-order valence-corrected chi connectivity index (χ2v) is 4.81. The molecule has 88 valence electrons. The monoisotopic (exact) mass is 310 g/mol. The summed E-state index contributed by atoms with van der Waals surface area (Å²) in [6, 6.07) is 12.3. The highest BCUT2D eigenvalue weighted by Crippen LogP contribution is 2.24. The van der Waals surface area contributed by atoms with Crippen LogP contribution in [0.15, 0.2) is 53.0 Å². The second kappa shape index (κ2) is 6.08. The minimum Gasteiger partial charge on any atom is -0.490 e. The number of fused-ring (bicyclic) bond motifs is 1. The molecule has 0 heterocycles. The molecule has 0 atom stereocenters. The maximum absolute atomic E-state index is 5.59.